The zero-order valence-electron chi connectivity index (χ0n) is 16.0. The fraction of sp³-hybridized carbons (Fsp3) is 0.400. The third kappa shape index (κ3) is 2.69. The molecule has 2 aliphatic rings. The standard InChI is InChI=1S/C20H22N2O4S2/c1-4-16-14-8-10-27-17(14)7-9-21(16)19(23)13-5-6-15-18(11-13)28(25,26)22(12(2)3)20(15)24/h5-6,8,10-12,16H,4,7,9H2,1-3H3. The number of carbonyl (C=O) groups is 2. The zero-order chi connectivity index (χ0) is 20.2. The minimum absolute atomic E-state index is 0.0128. The Kier molecular flexibility index (Phi) is 4.58. The Labute approximate surface area is 168 Å². The van der Waals surface area contributed by atoms with Crippen LogP contribution in [0.4, 0.5) is 0 Å². The van der Waals surface area contributed by atoms with Crippen molar-refractivity contribution in [3.8, 4) is 0 Å². The van der Waals surface area contributed by atoms with Gasteiger partial charge in [-0.25, -0.2) is 12.7 Å². The largest absolute Gasteiger partial charge is 0.331 e. The Hall–Kier alpha value is -2.19. The van der Waals surface area contributed by atoms with Crippen molar-refractivity contribution in [2.75, 3.05) is 6.54 Å². The number of amides is 2. The smallest absolute Gasteiger partial charge is 0.269 e. The Bertz CT molecular complexity index is 1070. The van der Waals surface area contributed by atoms with Crippen molar-refractivity contribution in [2.45, 2.75) is 50.6 Å². The summed E-state index contributed by atoms with van der Waals surface area (Å²) in [4.78, 5) is 28.8. The van der Waals surface area contributed by atoms with Crippen LogP contribution in [0.5, 0.6) is 0 Å². The first-order valence-electron chi connectivity index (χ1n) is 9.37. The summed E-state index contributed by atoms with van der Waals surface area (Å²) >= 11 is 1.71. The molecule has 0 bridgehead atoms. The molecule has 148 valence electrons. The Morgan fingerprint density at radius 3 is 2.71 bits per heavy atom. The van der Waals surface area contributed by atoms with E-state index in [1.807, 2.05) is 11.8 Å². The van der Waals surface area contributed by atoms with Gasteiger partial charge in [0.15, 0.2) is 0 Å². The highest BCUT2D eigenvalue weighted by molar-refractivity contribution is 7.90. The summed E-state index contributed by atoms with van der Waals surface area (Å²) in [7, 11) is -3.93. The fourth-order valence-electron chi connectivity index (χ4n) is 4.14. The molecule has 6 nitrogen and oxygen atoms in total. The maximum absolute atomic E-state index is 13.2. The van der Waals surface area contributed by atoms with Crippen LogP contribution in [0.2, 0.25) is 0 Å². The van der Waals surface area contributed by atoms with Crippen LogP contribution in [0.25, 0.3) is 0 Å². The first-order valence-corrected chi connectivity index (χ1v) is 11.7. The van der Waals surface area contributed by atoms with E-state index in [4.69, 9.17) is 0 Å². The molecule has 0 saturated carbocycles. The summed E-state index contributed by atoms with van der Waals surface area (Å²) < 4.78 is 26.5. The van der Waals surface area contributed by atoms with Gasteiger partial charge in [-0.3, -0.25) is 9.59 Å². The van der Waals surface area contributed by atoms with Crippen molar-refractivity contribution in [3.63, 3.8) is 0 Å². The molecule has 2 aliphatic heterocycles. The minimum atomic E-state index is -3.93. The number of sulfonamides is 1. The number of hydrogen-bond acceptors (Lipinski definition) is 5. The molecule has 4 rings (SSSR count). The van der Waals surface area contributed by atoms with Gasteiger partial charge in [0.05, 0.1) is 11.6 Å². The van der Waals surface area contributed by atoms with E-state index in [2.05, 4.69) is 11.4 Å². The second kappa shape index (κ2) is 6.70. The Balaban J connectivity index is 1.72. The molecular weight excluding hydrogens is 396 g/mol. The van der Waals surface area contributed by atoms with Crippen molar-refractivity contribution in [1.82, 2.24) is 9.21 Å². The number of benzene rings is 1. The maximum atomic E-state index is 13.2. The summed E-state index contributed by atoms with van der Waals surface area (Å²) in [6.07, 6.45) is 1.59. The van der Waals surface area contributed by atoms with Crippen LogP contribution in [-0.4, -0.2) is 42.0 Å². The average molecular weight is 419 g/mol. The molecule has 2 aromatic rings. The molecule has 1 unspecified atom stereocenters. The van der Waals surface area contributed by atoms with E-state index >= 15 is 0 Å². The van der Waals surface area contributed by atoms with Gasteiger partial charge in [0.1, 0.15) is 4.90 Å². The van der Waals surface area contributed by atoms with Crippen molar-refractivity contribution in [1.29, 1.82) is 0 Å². The molecule has 0 spiro atoms. The van der Waals surface area contributed by atoms with Gasteiger partial charge in [0.25, 0.3) is 21.8 Å². The molecule has 3 heterocycles. The topological polar surface area (TPSA) is 74.8 Å². The number of thiophene rings is 1. The van der Waals surface area contributed by atoms with Crippen molar-refractivity contribution in [2.24, 2.45) is 0 Å². The van der Waals surface area contributed by atoms with E-state index in [1.165, 1.54) is 22.6 Å². The van der Waals surface area contributed by atoms with Gasteiger partial charge in [0, 0.05) is 23.0 Å². The van der Waals surface area contributed by atoms with E-state index < -0.39 is 22.0 Å². The van der Waals surface area contributed by atoms with Crippen LogP contribution < -0.4 is 0 Å². The lowest BCUT2D eigenvalue weighted by molar-refractivity contribution is 0.0656. The average Bonchev–Trinajstić information content (AvgIpc) is 3.21. The van der Waals surface area contributed by atoms with Crippen molar-refractivity contribution >= 4 is 33.2 Å². The molecule has 1 aromatic carbocycles. The van der Waals surface area contributed by atoms with Gasteiger partial charge in [-0.15, -0.1) is 11.3 Å². The van der Waals surface area contributed by atoms with E-state index in [0.29, 0.717) is 12.1 Å². The van der Waals surface area contributed by atoms with Crippen LogP contribution in [0, 0.1) is 0 Å². The Morgan fingerprint density at radius 1 is 1.29 bits per heavy atom. The highest BCUT2D eigenvalue weighted by Crippen LogP contribution is 2.37. The molecule has 0 radical (unpaired) electrons. The second-order valence-corrected chi connectivity index (χ2v) is 10.2. The predicted molar refractivity (Wildman–Crippen MR) is 107 cm³/mol. The number of rotatable bonds is 3. The van der Waals surface area contributed by atoms with Crippen molar-refractivity contribution in [3.05, 3.63) is 51.2 Å². The SMILES string of the molecule is CCC1c2ccsc2CCN1C(=O)c1ccc2c(c1)S(=O)(=O)N(C(C)C)C2=O. The molecule has 0 aliphatic carbocycles. The van der Waals surface area contributed by atoms with Gasteiger partial charge in [0.2, 0.25) is 0 Å². The molecule has 0 saturated heterocycles. The number of carbonyl (C=O) groups excluding carboxylic acids is 2. The second-order valence-electron chi connectivity index (χ2n) is 7.38. The quantitative estimate of drug-likeness (QED) is 0.765. The van der Waals surface area contributed by atoms with Crippen LogP contribution in [0.1, 0.15) is 64.4 Å². The lowest BCUT2D eigenvalue weighted by atomic mass is 9.96. The number of fused-ring (bicyclic) bond motifs is 2. The summed E-state index contributed by atoms with van der Waals surface area (Å²) in [6, 6.07) is 5.97. The third-order valence-electron chi connectivity index (χ3n) is 5.41. The van der Waals surface area contributed by atoms with E-state index in [9.17, 15) is 18.0 Å². The van der Waals surface area contributed by atoms with Crippen LogP contribution in [-0.2, 0) is 16.4 Å². The van der Waals surface area contributed by atoms with Gasteiger partial charge in [-0.1, -0.05) is 6.92 Å². The summed E-state index contributed by atoms with van der Waals surface area (Å²) in [6.45, 7) is 5.96. The lowest BCUT2D eigenvalue weighted by Crippen LogP contribution is -2.39. The minimum Gasteiger partial charge on any atom is -0.331 e. The number of nitrogens with zero attached hydrogens (tertiary/aromatic N) is 2. The molecule has 28 heavy (non-hydrogen) atoms. The zero-order valence-corrected chi connectivity index (χ0v) is 17.6. The van der Waals surface area contributed by atoms with Crippen LogP contribution in [0.15, 0.2) is 34.5 Å². The van der Waals surface area contributed by atoms with E-state index in [-0.39, 0.29) is 22.4 Å². The van der Waals surface area contributed by atoms with E-state index in [0.717, 1.165) is 17.1 Å². The van der Waals surface area contributed by atoms with Gasteiger partial charge in [-0.2, -0.15) is 0 Å². The molecular formula is C20H22N2O4S2. The van der Waals surface area contributed by atoms with Gasteiger partial charge >= 0.3 is 0 Å². The summed E-state index contributed by atoms with van der Waals surface area (Å²) in [5.74, 6) is -0.728. The first-order chi connectivity index (χ1) is 13.3. The summed E-state index contributed by atoms with van der Waals surface area (Å²) in [5, 5.41) is 2.05. The number of hydrogen-bond donors (Lipinski definition) is 0. The fourth-order valence-corrected chi connectivity index (χ4v) is 6.86. The highest BCUT2D eigenvalue weighted by atomic mass is 32.2. The highest BCUT2D eigenvalue weighted by Gasteiger charge is 2.43. The molecule has 1 aromatic heterocycles. The first kappa shape index (κ1) is 19.1. The molecule has 1 atom stereocenters. The maximum Gasteiger partial charge on any atom is 0.269 e. The monoisotopic (exact) mass is 418 g/mol. The lowest BCUT2D eigenvalue weighted by Gasteiger charge is -2.35. The van der Waals surface area contributed by atoms with Crippen molar-refractivity contribution < 1.29 is 18.0 Å². The third-order valence-corrected chi connectivity index (χ3v) is 8.40. The van der Waals surface area contributed by atoms with Crippen LogP contribution in [0.3, 0.4) is 0 Å². The normalized spacial score (nSPS) is 20.4. The van der Waals surface area contributed by atoms with E-state index in [1.54, 1.807) is 31.3 Å². The summed E-state index contributed by atoms with van der Waals surface area (Å²) in [5.41, 5.74) is 1.62. The molecule has 2 amide bonds. The Morgan fingerprint density at radius 2 is 2.04 bits per heavy atom. The molecule has 0 fully saturated rings. The van der Waals surface area contributed by atoms with Crippen LogP contribution >= 0.6 is 11.3 Å². The van der Waals surface area contributed by atoms with Gasteiger partial charge in [-0.05, 0) is 61.9 Å². The van der Waals surface area contributed by atoms with Gasteiger partial charge < -0.3 is 4.90 Å². The predicted octanol–water partition coefficient (Wildman–Crippen LogP) is 3.45. The molecule has 8 heteroatoms. The molecule has 0 N–H and O–H groups in total.